The molecule has 0 spiro atoms. The van der Waals surface area contributed by atoms with Crippen molar-refractivity contribution in [1.29, 1.82) is 0 Å². The van der Waals surface area contributed by atoms with Crippen LogP contribution in [-0.4, -0.2) is 23.1 Å². The molecule has 0 aliphatic heterocycles. The van der Waals surface area contributed by atoms with Crippen molar-refractivity contribution in [2.45, 2.75) is 40.5 Å². The fourth-order valence-electron chi connectivity index (χ4n) is 2.50. The average Bonchev–Trinajstić information content (AvgIpc) is 2.97. The van der Waals surface area contributed by atoms with Crippen molar-refractivity contribution >= 4 is 11.3 Å². The lowest BCUT2D eigenvalue weighted by atomic mass is 9.98. The summed E-state index contributed by atoms with van der Waals surface area (Å²) in [6.07, 6.45) is 2.22. The van der Waals surface area contributed by atoms with Gasteiger partial charge >= 0.3 is 0 Å². The van der Waals surface area contributed by atoms with Gasteiger partial charge in [0.05, 0.1) is 0 Å². The van der Waals surface area contributed by atoms with Gasteiger partial charge in [-0.1, -0.05) is 13.8 Å². The maximum atomic E-state index is 4.70. The lowest BCUT2D eigenvalue weighted by molar-refractivity contribution is 0.507. The molecule has 0 aliphatic carbocycles. The number of hydrogen-bond donors (Lipinski definition) is 1. The van der Waals surface area contributed by atoms with Gasteiger partial charge in [0, 0.05) is 22.3 Å². The topological polar surface area (TPSA) is 37.8 Å². The molecule has 2 rings (SSSR count). The van der Waals surface area contributed by atoms with Crippen LogP contribution in [0.3, 0.4) is 0 Å². The summed E-state index contributed by atoms with van der Waals surface area (Å²) in [7, 11) is 0. The summed E-state index contributed by atoms with van der Waals surface area (Å²) in [6.45, 7) is 10.8. The number of rotatable bonds is 7. The SMILES string of the molecule is CCCNCC(C)Cc1c(C)nc(-c2ccsc2)nc1C. The zero-order chi connectivity index (χ0) is 15.2. The Morgan fingerprint density at radius 2 is 1.95 bits per heavy atom. The summed E-state index contributed by atoms with van der Waals surface area (Å²) >= 11 is 1.68. The van der Waals surface area contributed by atoms with Gasteiger partial charge in [0.25, 0.3) is 0 Å². The van der Waals surface area contributed by atoms with Crippen LogP contribution in [0.15, 0.2) is 16.8 Å². The quantitative estimate of drug-likeness (QED) is 0.786. The van der Waals surface area contributed by atoms with Crippen molar-refractivity contribution in [2.75, 3.05) is 13.1 Å². The van der Waals surface area contributed by atoms with E-state index < -0.39 is 0 Å². The van der Waals surface area contributed by atoms with E-state index in [9.17, 15) is 0 Å². The minimum Gasteiger partial charge on any atom is -0.316 e. The number of hydrogen-bond acceptors (Lipinski definition) is 4. The zero-order valence-corrected chi connectivity index (χ0v) is 14.3. The molecule has 0 radical (unpaired) electrons. The molecular weight excluding hydrogens is 278 g/mol. The van der Waals surface area contributed by atoms with Crippen LogP contribution in [0, 0.1) is 19.8 Å². The second kappa shape index (κ2) is 7.66. The fraction of sp³-hybridized carbons (Fsp3) is 0.529. The highest BCUT2D eigenvalue weighted by Crippen LogP contribution is 2.22. The molecule has 2 aromatic rings. The van der Waals surface area contributed by atoms with E-state index in [0.29, 0.717) is 5.92 Å². The molecule has 3 nitrogen and oxygen atoms in total. The molecule has 0 saturated carbocycles. The summed E-state index contributed by atoms with van der Waals surface area (Å²) < 4.78 is 0. The van der Waals surface area contributed by atoms with Gasteiger partial charge in [0.2, 0.25) is 0 Å². The summed E-state index contributed by atoms with van der Waals surface area (Å²) in [6, 6.07) is 2.08. The van der Waals surface area contributed by atoms with Gasteiger partial charge in [-0.15, -0.1) is 0 Å². The molecule has 114 valence electrons. The predicted molar refractivity (Wildman–Crippen MR) is 90.8 cm³/mol. The van der Waals surface area contributed by atoms with E-state index in [4.69, 9.17) is 9.97 Å². The van der Waals surface area contributed by atoms with Crippen LogP contribution in [0.4, 0.5) is 0 Å². The van der Waals surface area contributed by atoms with E-state index in [0.717, 1.165) is 42.3 Å². The molecule has 2 heterocycles. The van der Waals surface area contributed by atoms with Crippen LogP contribution in [-0.2, 0) is 6.42 Å². The summed E-state index contributed by atoms with van der Waals surface area (Å²) in [5.41, 5.74) is 4.66. The lowest BCUT2D eigenvalue weighted by Crippen LogP contribution is -2.23. The molecule has 4 heteroatoms. The zero-order valence-electron chi connectivity index (χ0n) is 13.4. The van der Waals surface area contributed by atoms with E-state index in [1.807, 2.05) is 0 Å². The fourth-order valence-corrected chi connectivity index (χ4v) is 3.14. The largest absolute Gasteiger partial charge is 0.316 e. The van der Waals surface area contributed by atoms with Gasteiger partial charge in [0.1, 0.15) is 0 Å². The molecule has 0 bridgehead atoms. The van der Waals surface area contributed by atoms with E-state index >= 15 is 0 Å². The first-order valence-corrected chi connectivity index (χ1v) is 8.63. The van der Waals surface area contributed by atoms with E-state index in [-0.39, 0.29) is 0 Å². The first-order valence-electron chi connectivity index (χ1n) is 7.69. The van der Waals surface area contributed by atoms with Crippen LogP contribution in [0.25, 0.3) is 11.4 Å². The van der Waals surface area contributed by atoms with E-state index in [1.165, 1.54) is 12.0 Å². The maximum absolute atomic E-state index is 4.70. The van der Waals surface area contributed by atoms with Crippen LogP contribution in [0.5, 0.6) is 0 Å². The smallest absolute Gasteiger partial charge is 0.160 e. The Kier molecular flexibility index (Phi) is 5.88. The highest BCUT2D eigenvalue weighted by atomic mass is 32.1. The van der Waals surface area contributed by atoms with Crippen LogP contribution < -0.4 is 5.32 Å². The Bertz CT molecular complexity index is 540. The van der Waals surface area contributed by atoms with E-state index in [1.54, 1.807) is 11.3 Å². The molecule has 0 fully saturated rings. The van der Waals surface area contributed by atoms with Crippen LogP contribution >= 0.6 is 11.3 Å². The van der Waals surface area contributed by atoms with Gasteiger partial charge in [0.15, 0.2) is 5.82 Å². The Hall–Kier alpha value is -1.26. The number of thiophene rings is 1. The molecule has 0 aromatic carbocycles. The van der Waals surface area contributed by atoms with Crippen LogP contribution in [0.1, 0.15) is 37.2 Å². The summed E-state index contributed by atoms with van der Waals surface area (Å²) in [4.78, 5) is 9.40. The third-order valence-electron chi connectivity index (χ3n) is 3.67. The van der Waals surface area contributed by atoms with Crippen molar-refractivity contribution < 1.29 is 0 Å². The average molecular weight is 303 g/mol. The number of aromatic nitrogens is 2. The molecule has 1 N–H and O–H groups in total. The maximum Gasteiger partial charge on any atom is 0.160 e. The summed E-state index contributed by atoms with van der Waals surface area (Å²) in [5.74, 6) is 1.45. The third-order valence-corrected chi connectivity index (χ3v) is 4.36. The highest BCUT2D eigenvalue weighted by Gasteiger charge is 2.13. The van der Waals surface area contributed by atoms with Crippen LogP contribution in [0.2, 0.25) is 0 Å². The molecular formula is C17H25N3S. The van der Waals surface area contributed by atoms with E-state index in [2.05, 4.69) is 49.8 Å². The minimum absolute atomic E-state index is 0.601. The predicted octanol–water partition coefficient (Wildman–Crippen LogP) is 4.00. The molecule has 0 saturated heterocycles. The number of nitrogens with zero attached hydrogens (tertiary/aromatic N) is 2. The van der Waals surface area contributed by atoms with Crippen molar-refractivity contribution in [3.8, 4) is 11.4 Å². The number of aryl methyl sites for hydroxylation is 2. The summed E-state index contributed by atoms with van der Waals surface area (Å²) in [5, 5.41) is 7.66. The lowest BCUT2D eigenvalue weighted by Gasteiger charge is -2.16. The van der Waals surface area contributed by atoms with Gasteiger partial charge < -0.3 is 5.32 Å². The molecule has 0 amide bonds. The van der Waals surface area contributed by atoms with Crippen molar-refractivity contribution in [3.05, 3.63) is 33.8 Å². The monoisotopic (exact) mass is 303 g/mol. The molecule has 21 heavy (non-hydrogen) atoms. The second-order valence-electron chi connectivity index (χ2n) is 5.72. The van der Waals surface area contributed by atoms with Gasteiger partial charge in [-0.05, 0) is 62.7 Å². The Balaban J connectivity index is 2.10. The van der Waals surface area contributed by atoms with Crippen molar-refractivity contribution in [1.82, 2.24) is 15.3 Å². The highest BCUT2D eigenvalue weighted by molar-refractivity contribution is 7.08. The minimum atomic E-state index is 0.601. The molecule has 0 aliphatic rings. The molecule has 2 aromatic heterocycles. The normalized spacial score (nSPS) is 12.6. The molecule has 1 atom stereocenters. The van der Waals surface area contributed by atoms with Crippen molar-refractivity contribution in [2.24, 2.45) is 5.92 Å². The van der Waals surface area contributed by atoms with Gasteiger partial charge in [-0.2, -0.15) is 11.3 Å². The first kappa shape index (κ1) is 16.1. The Morgan fingerprint density at radius 3 is 2.52 bits per heavy atom. The number of nitrogens with one attached hydrogen (secondary N) is 1. The van der Waals surface area contributed by atoms with Gasteiger partial charge in [-0.25, -0.2) is 9.97 Å². The Morgan fingerprint density at radius 1 is 1.24 bits per heavy atom. The van der Waals surface area contributed by atoms with Crippen molar-refractivity contribution in [3.63, 3.8) is 0 Å². The first-order chi connectivity index (χ1) is 10.1. The molecule has 1 unspecified atom stereocenters. The second-order valence-corrected chi connectivity index (χ2v) is 6.50. The Labute approximate surface area is 131 Å². The standard InChI is InChI=1S/C17H25N3S/c1-5-7-18-10-12(2)9-16-13(3)19-17(20-14(16)4)15-6-8-21-11-15/h6,8,11-12,18H,5,7,9-10H2,1-4H3. The van der Waals surface area contributed by atoms with Gasteiger partial charge in [-0.3, -0.25) is 0 Å². The third kappa shape index (κ3) is 4.35.